The van der Waals surface area contributed by atoms with Crippen LogP contribution in [0.4, 0.5) is 0 Å². The molecule has 0 saturated carbocycles. The lowest BCUT2D eigenvalue weighted by Crippen LogP contribution is -2.49. The van der Waals surface area contributed by atoms with Gasteiger partial charge in [0, 0.05) is 24.9 Å². The summed E-state index contributed by atoms with van der Waals surface area (Å²) < 4.78 is 7.97. The number of likely N-dealkylation sites (N-methyl/N-ethyl adjacent to an activating group) is 1. The first-order valence-electron chi connectivity index (χ1n) is 8.87. The van der Waals surface area contributed by atoms with Crippen LogP contribution in [0.3, 0.4) is 0 Å². The molecule has 0 fully saturated rings. The summed E-state index contributed by atoms with van der Waals surface area (Å²) in [6.07, 6.45) is 2.57. The van der Waals surface area contributed by atoms with Crippen molar-refractivity contribution in [2.75, 3.05) is 27.2 Å². The lowest BCUT2D eigenvalue weighted by molar-refractivity contribution is -0.137. The van der Waals surface area contributed by atoms with Crippen molar-refractivity contribution in [3.05, 3.63) is 47.3 Å². The Labute approximate surface area is 154 Å². The van der Waals surface area contributed by atoms with E-state index in [-0.39, 0.29) is 11.9 Å². The number of amides is 1. The summed E-state index contributed by atoms with van der Waals surface area (Å²) in [6, 6.07) is 5.92. The van der Waals surface area contributed by atoms with Crippen LogP contribution < -0.4 is 0 Å². The Morgan fingerprint density at radius 2 is 2.19 bits per heavy atom. The molecule has 2 aromatic heterocycles. The highest BCUT2D eigenvalue weighted by atomic mass is 16.5. The van der Waals surface area contributed by atoms with Gasteiger partial charge in [-0.1, -0.05) is 6.07 Å². The molecule has 7 heteroatoms. The van der Waals surface area contributed by atoms with E-state index in [4.69, 9.17) is 4.74 Å². The number of carbonyl (C=O) groups excluding carboxylic acids is 1. The molecule has 1 aliphatic rings. The molecule has 3 rings (SSSR count). The molecule has 1 aliphatic heterocycles. The number of aromatic nitrogens is 3. The van der Waals surface area contributed by atoms with Gasteiger partial charge in [-0.3, -0.25) is 9.78 Å². The third kappa shape index (κ3) is 4.28. The Hall–Kier alpha value is -2.25. The number of hydrogen-bond donors (Lipinski definition) is 0. The maximum Gasteiger partial charge on any atom is 0.237 e. The van der Waals surface area contributed by atoms with Gasteiger partial charge >= 0.3 is 0 Å². The van der Waals surface area contributed by atoms with Gasteiger partial charge < -0.3 is 19.1 Å². The molecule has 0 aromatic carbocycles. The normalized spacial score (nSPS) is 16.8. The highest BCUT2D eigenvalue weighted by molar-refractivity contribution is 5.78. The zero-order valence-electron chi connectivity index (χ0n) is 16.0. The van der Waals surface area contributed by atoms with E-state index in [9.17, 15) is 4.79 Å². The zero-order valence-corrected chi connectivity index (χ0v) is 16.0. The molecule has 0 spiro atoms. The molecule has 2 aromatic rings. The maximum atomic E-state index is 12.7. The van der Waals surface area contributed by atoms with E-state index in [0.29, 0.717) is 26.3 Å². The van der Waals surface area contributed by atoms with Gasteiger partial charge in [-0.2, -0.15) is 0 Å². The SMILES string of the molecule is Cc1cccc(COCC2Cc3c(ncn3C)CN2C(=O)CN(C)C)n1. The van der Waals surface area contributed by atoms with Gasteiger partial charge in [-0.05, 0) is 33.2 Å². The second-order valence-electron chi connectivity index (χ2n) is 7.15. The molecule has 0 bridgehead atoms. The van der Waals surface area contributed by atoms with Crippen molar-refractivity contribution in [2.24, 2.45) is 7.05 Å². The third-order valence-corrected chi connectivity index (χ3v) is 4.61. The molecule has 0 aliphatic carbocycles. The number of pyridine rings is 1. The molecular formula is C19H27N5O2. The van der Waals surface area contributed by atoms with Crippen molar-refractivity contribution in [1.29, 1.82) is 0 Å². The fraction of sp³-hybridized carbons (Fsp3) is 0.526. The molecule has 3 heterocycles. The van der Waals surface area contributed by atoms with Gasteiger partial charge in [0.05, 0.1) is 50.1 Å². The number of ether oxygens (including phenoxy) is 1. The quantitative estimate of drug-likeness (QED) is 0.776. The Kier molecular flexibility index (Phi) is 5.68. The van der Waals surface area contributed by atoms with Crippen LogP contribution >= 0.6 is 0 Å². The summed E-state index contributed by atoms with van der Waals surface area (Å²) in [5.41, 5.74) is 4.05. The van der Waals surface area contributed by atoms with Gasteiger partial charge in [-0.15, -0.1) is 0 Å². The molecule has 0 saturated heterocycles. The zero-order chi connectivity index (χ0) is 18.7. The van der Waals surface area contributed by atoms with Crippen molar-refractivity contribution < 1.29 is 9.53 Å². The van der Waals surface area contributed by atoms with Gasteiger partial charge in [0.15, 0.2) is 0 Å². The van der Waals surface area contributed by atoms with Crippen molar-refractivity contribution >= 4 is 5.91 Å². The Morgan fingerprint density at radius 3 is 2.92 bits per heavy atom. The number of nitrogens with zero attached hydrogens (tertiary/aromatic N) is 5. The van der Waals surface area contributed by atoms with Crippen LogP contribution in [0.1, 0.15) is 22.8 Å². The minimum Gasteiger partial charge on any atom is -0.373 e. The Bertz CT molecular complexity index is 771. The Morgan fingerprint density at radius 1 is 1.38 bits per heavy atom. The van der Waals surface area contributed by atoms with E-state index >= 15 is 0 Å². The third-order valence-electron chi connectivity index (χ3n) is 4.61. The number of carbonyl (C=O) groups is 1. The summed E-state index contributed by atoms with van der Waals surface area (Å²) in [6.45, 7) is 3.83. The van der Waals surface area contributed by atoms with Gasteiger partial charge in [-0.25, -0.2) is 4.98 Å². The van der Waals surface area contributed by atoms with Crippen LogP contribution in [-0.4, -0.2) is 63.5 Å². The highest BCUT2D eigenvalue weighted by Crippen LogP contribution is 2.23. The molecule has 1 atom stereocenters. The first kappa shape index (κ1) is 18.5. The minimum absolute atomic E-state index is 0.00941. The summed E-state index contributed by atoms with van der Waals surface area (Å²) in [5, 5.41) is 0. The van der Waals surface area contributed by atoms with Crippen molar-refractivity contribution in [1.82, 2.24) is 24.3 Å². The molecule has 140 valence electrons. The van der Waals surface area contributed by atoms with Crippen molar-refractivity contribution in [3.63, 3.8) is 0 Å². The predicted molar refractivity (Wildman–Crippen MR) is 98.4 cm³/mol. The molecule has 0 radical (unpaired) electrons. The molecule has 7 nitrogen and oxygen atoms in total. The molecule has 1 unspecified atom stereocenters. The monoisotopic (exact) mass is 357 g/mol. The van der Waals surface area contributed by atoms with E-state index in [1.807, 2.05) is 67.0 Å². The average molecular weight is 357 g/mol. The molecule has 0 N–H and O–H groups in total. The summed E-state index contributed by atoms with van der Waals surface area (Å²) in [5.74, 6) is 0.105. The second-order valence-corrected chi connectivity index (χ2v) is 7.15. The van der Waals surface area contributed by atoms with Gasteiger partial charge in [0.25, 0.3) is 0 Å². The molecular weight excluding hydrogens is 330 g/mol. The van der Waals surface area contributed by atoms with E-state index in [1.54, 1.807) is 0 Å². The molecule has 1 amide bonds. The first-order chi connectivity index (χ1) is 12.4. The number of hydrogen-bond acceptors (Lipinski definition) is 5. The van der Waals surface area contributed by atoms with E-state index < -0.39 is 0 Å². The number of rotatable bonds is 6. The van der Waals surface area contributed by atoms with Gasteiger partial charge in [0.1, 0.15) is 0 Å². The van der Waals surface area contributed by atoms with Crippen molar-refractivity contribution in [3.8, 4) is 0 Å². The van der Waals surface area contributed by atoms with Crippen LogP contribution in [-0.2, 0) is 36.2 Å². The van der Waals surface area contributed by atoms with Crippen LogP contribution in [0.2, 0.25) is 0 Å². The van der Waals surface area contributed by atoms with E-state index in [0.717, 1.165) is 23.5 Å². The van der Waals surface area contributed by atoms with Crippen LogP contribution in [0.25, 0.3) is 0 Å². The number of aryl methyl sites for hydroxylation is 2. The largest absolute Gasteiger partial charge is 0.373 e. The number of imidazole rings is 1. The summed E-state index contributed by atoms with van der Waals surface area (Å²) in [7, 11) is 5.81. The Balaban J connectivity index is 1.68. The lowest BCUT2D eigenvalue weighted by Gasteiger charge is -2.36. The first-order valence-corrected chi connectivity index (χ1v) is 8.87. The highest BCUT2D eigenvalue weighted by Gasteiger charge is 2.32. The van der Waals surface area contributed by atoms with Crippen LogP contribution in [0, 0.1) is 6.92 Å². The van der Waals surface area contributed by atoms with E-state index in [2.05, 4.69) is 9.97 Å². The van der Waals surface area contributed by atoms with E-state index in [1.165, 1.54) is 5.69 Å². The van der Waals surface area contributed by atoms with Crippen molar-refractivity contribution in [2.45, 2.75) is 32.5 Å². The average Bonchev–Trinajstić information content (AvgIpc) is 2.94. The topological polar surface area (TPSA) is 63.5 Å². The second kappa shape index (κ2) is 7.97. The van der Waals surface area contributed by atoms with Crippen LogP contribution in [0.15, 0.2) is 24.5 Å². The number of fused-ring (bicyclic) bond motifs is 1. The van der Waals surface area contributed by atoms with Gasteiger partial charge in [0.2, 0.25) is 5.91 Å². The fourth-order valence-corrected chi connectivity index (χ4v) is 3.30. The lowest BCUT2D eigenvalue weighted by atomic mass is 10.0. The standard InChI is InChI=1S/C19H27N5O2/c1-14-6-5-7-15(21-14)11-26-12-16-8-18-17(20-13-23(18)4)9-24(16)19(25)10-22(2)3/h5-7,13,16H,8-12H2,1-4H3. The fourth-order valence-electron chi connectivity index (χ4n) is 3.30. The predicted octanol–water partition coefficient (Wildman–Crippen LogP) is 1.16. The molecule has 26 heavy (non-hydrogen) atoms. The smallest absolute Gasteiger partial charge is 0.237 e. The summed E-state index contributed by atoms with van der Waals surface area (Å²) >= 11 is 0. The maximum absolute atomic E-state index is 12.7. The minimum atomic E-state index is 0.00941. The van der Waals surface area contributed by atoms with Crippen LogP contribution in [0.5, 0.6) is 0 Å². The summed E-state index contributed by atoms with van der Waals surface area (Å²) in [4.78, 5) is 25.4.